The van der Waals surface area contributed by atoms with Crippen LogP contribution in [0.2, 0.25) is 0 Å². The van der Waals surface area contributed by atoms with Crippen molar-refractivity contribution in [3.63, 3.8) is 0 Å². The number of unbranched alkanes of at least 4 members (excludes halogenated alkanes) is 1. The topological polar surface area (TPSA) is 54.5 Å². The average molecular weight is 271 g/mol. The molecule has 0 saturated heterocycles. The lowest BCUT2D eigenvalue weighted by atomic mass is 10.0. The smallest absolute Gasteiger partial charge is 0.228 e. The summed E-state index contributed by atoms with van der Waals surface area (Å²) in [7, 11) is 0. The van der Waals surface area contributed by atoms with Crippen molar-refractivity contribution in [2.45, 2.75) is 67.2 Å². The summed E-state index contributed by atoms with van der Waals surface area (Å²) in [6, 6.07) is 0. The maximum atomic E-state index is 11.4. The third-order valence-electron chi connectivity index (χ3n) is 2.68. The standard InChI is InChI=1S/C13H23NO3.C2H6/c1-5-13(17)14(11(4)15)9-7-6-8-12(16)10(2)3;1-2/h10H,5-9H2,1-4H3;1-2H3. The molecule has 0 aliphatic rings. The Kier molecular flexibility index (Phi) is 12.6. The second kappa shape index (κ2) is 11.9. The van der Waals surface area contributed by atoms with Crippen molar-refractivity contribution in [2.24, 2.45) is 5.92 Å². The molecule has 0 aromatic heterocycles. The van der Waals surface area contributed by atoms with Crippen LogP contribution in [0.5, 0.6) is 0 Å². The lowest BCUT2D eigenvalue weighted by Crippen LogP contribution is -2.35. The number of carbonyl (C=O) groups excluding carboxylic acids is 3. The fourth-order valence-corrected chi connectivity index (χ4v) is 1.51. The molecular weight excluding hydrogens is 242 g/mol. The van der Waals surface area contributed by atoms with Gasteiger partial charge in [0.05, 0.1) is 0 Å². The molecule has 4 heteroatoms. The van der Waals surface area contributed by atoms with Crippen LogP contribution in [0.25, 0.3) is 0 Å². The van der Waals surface area contributed by atoms with Gasteiger partial charge < -0.3 is 0 Å². The third kappa shape index (κ3) is 9.40. The predicted octanol–water partition coefficient (Wildman–Crippen LogP) is 3.19. The van der Waals surface area contributed by atoms with Gasteiger partial charge in [-0.3, -0.25) is 19.3 Å². The van der Waals surface area contributed by atoms with Gasteiger partial charge in [0.25, 0.3) is 0 Å². The Morgan fingerprint density at radius 1 is 1.05 bits per heavy atom. The lowest BCUT2D eigenvalue weighted by Gasteiger charge is -2.18. The van der Waals surface area contributed by atoms with E-state index < -0.39 is 0 Å². The molecule has 0 bridgehead atoms. The highest BCUT2D eigenvalue weighted by atomic mass is 16.2. The van der Waals surface area contributed by atoms with Crippen molar-refractivity contribution in [1.82, 2.24) is 4.90 Å². The highest BCUT2D eigenvalue weighted by Gasteiger charge is 2.15. The summed E-state index contributed by atoms with van der Waals surface area (Å²) in [6.07, 6.45) is 2.30. The van der Waals surface area contributed by atoms with E-state index in [9.17, 15) is 14.4 Å². The molecule has 0 rings (SSSR count). The minimum atomic E-state index is -0.216. The van der Waals surface area contributed by atoms with Crippen LogP contribution >= 0.6 is 0 Å². The quantitative estimate of drug-likeness (QED) is 0.668. The summed E-state index contributed by atoms with van der Waals surface area (Å²) in [5.74, 6) is -0.0582. The summed E-state index contributed by atoms with van der Waals surface area (Å²) in [5, 5.41) is 0. The second-order valence-electron chi connectivity index (χ2n) is 4.50. The van der Waals surface area contributed by atoms with Gasteiger partial charge in [0.1, 0.15) is 5.78 Å². The molecule has 0 spiro atoms. The maximum absolute atomic E-state index is 11.4. The van der Waals surface area contributed by atoms with E-state index in [1.807, 2.05) is 27.7 Å². The van der Waals surface area contributed by atoms with Gasteiger partial charge in [0.2, 0.25) is 11.8 Å². The summed E-state index contributed by atoms with van der Waals surface area (Å²) < 4.78 is 0. The van der Waals surface area contributed by atoms with E-state index in [1.54, 1.807) is 6.92 Å². The maximum Gasteiger partial charge on any atom is 0.228 e. The van der Waals surface area contributed by atoms with Crippen molar-refractivity contribution < 1.29 is 14.4 Å². The first-order valence-corrected chi connectivity index (χ1v) is 7.23. The molecule has 19 heavy (non-hydrogen) atoms. The Morgan fingerprint density at radius 3 is 1.95 bits per heavy atom. The number of Topliss-reactive ketones (excluding diaryl/α,β-unsaturated/α-hetero) is 1. The normalized spacial score (nSPS) is 9.63. The van der Waals surface area contributed by atoms with E-state index >= 15 is 0 Å². The van der Waals surface area contributed by atoms with E-state index in [1.165, 1.54) is 11.8 Å². The zero-order valence-corrected chi connectivity index (χ0v) is 13.3. The summed E-state index contributed by atoms with van der Waals surface area (Å²) >= 11 is 0. The molecule has 112 valence electrons. The van der Waals surface area contributed by atoms with Crippen LogP contribution in [0, 0.1) is 5.92 Å². The first kappa shape index (κ1) is 20.1. The van der Waals surface area contributed by atoms with Gasteiger partial charge in [0.15, 0.2) is 0 Å². The zero-order valence-electron chi connectivity index (χ0n) is 13.3. The van der Waals surface area contributed by atoms with Crippen LogP contribution in [-0.2, 0) is 14.4 Å². The van der Waals surface area contributed by atoms with E-state index in [2.05, 4.69) is 0 Å². The molecule has 4 nitrogen and oxygen atoms in total. The molecule has 0 saturated carbocycles. The Bertz CT molecular complexity index is 285. The van der Waals surface area contributed by atoms with E-state index in [0.717, 1.165) is 6.42 Å². The number of carbonyl (C=O) groups is 3. The molecule has 0 aromatic rings. The minimum absolute atomic E-state index is 0.0659. The van der Waals surface area contributed by atoms with Gasteiger partial charge in [-0.25, -0.2) is 0 Å². The molecule has 0 N–H and O–H groups in total. The molecular formula is C15H29NO3. The Hall–Kier alpha value is -1.19. The first-order valence-electron chi connectivity index (χ1n) is 7.23. The van der Waals surface area contributed by atoms with Gasteiger partial charge >= 0.3 is 0 Å². The van der Waals surface area contributed by atoms with Crippen LogP contribution in [0.15, 0.2) is 0 Å². The summed E-state index contributed by atoms with van der Waals surface area (Å²) in [4.78, 5) is 35.3. The number of hydrogen-bond acceptors (Lipinski definition) is 3. The number of nitrogens with zero attached hydrogens (tertiary/aromatic N) is 1. The predicted molar refractivity (Wildman–Crippen MR) is 77.7 cm³/mol. The SMILES string of the molecule is CC.CCC(=O)N(CCCCC(=O)C(C)C)C(C)=O. The number of ketones is 1. The number of rotatable bonds is 7. The second-order valence-corrected chi connectivity index (χ2v) is 4.50. The van der Waals surface area contributed by atoms with E-state index in [0.29, 0.717) is 25.8 Å². The van der Waals surface area contributed by atoms with E-state index in [-0.39, 0.29) is 23.5 Å². The molecule has 0 fully saturated rings. The van der Waals surface area contributed by atoms with Crippen LogP contribution in [-0.4, -0.2) is 29.0 Å². The van der Waals surface area contributed by atoms with Crippen molar-refractivity contribution in [2.75, 3.05) is 6.54 Å². The first-order chi connectivity index (χ1) is 8.90. The lowest BCUT2D eigenvalue weighted by molar-refractivity contribution is -0.143. The van der Waals surface area contributed by atoms with Crippen LogP contribution in [0.3, 0.4) is 0 Å². The molecule has 0 heterocycles. The average Bonchev–Trinajstić information content (AvgIpc) is 2.39. The fraction of sp³-hybridized carbons (Fsp3) is 0.800. The molecule has 0 aliphatic carbocycles. The number of hydrogen-bond donors (Lipinski definition) is 0. The van der Waals surface area contributed by atoms with Crippen molar-refractivity contribution in [1.29, 1.82) is 0 Å². The van der Waals surface area contributed by atoms with Crippen LogP contribution in [0.4, 0.5) is 0 Å². The molecule has 0 unspecified atom stereocenters. The van der Waals surface area contributed by atoms with Crippen molar-refractivity contribution in [3.8, 4) is 0 Å². The number of imide groups is 1. The Balaban J connectivity index is 0. The van der Waals surface area contributed by atoms with Gasteiger partial charge in [-0.2, -0.15) is 0 Å². The monoisotopic (exact) mass is 271 g/mol. The molecule has 0 atom stereocenters. The largest absolute Gasteiger partial charge is 0.299 e. The summed E-state index contributed by atoms with van der Waals surface area (Å²) in [6.45, 7) is 11.3. The van der Waals surface area contributed by atoms with Gasteiger partial charge in [-0.15, -0.1) is 0 Å². The van der Waals surface area contributed by atoms with Gasteiger partial charge in [-0.05, 0) is 12.8 Å². The van der Waals surface area contributed by atoms with E-state index in [4.69, 9.17) is 0 Å². The number of amides is 2. The zero-order chi connectivity index (χ0) is 15.4. The van der Waals surface area contributed by atoms with Crippen molar-refractivity contribution >= 4 is 17.6 Å². The fourth-order valence-electron chi connectivity index (χ4n) is 1.51. The highest BCUT2D eigenvalue weighted by Crippen LogP contribution is 2.06. The molecule has 0 radical (unpaired) electrons. The molecule has 0 aliphatic heterocycles. The van der Waals surface area contributed by atoms with Gasteiger partial charge in [0, 0.05) is 32.2 Å². The van der Waals surface area contributed by atoms with Gasteiger partial charge in [-0.1, -0.05) is 34.6 Å². The Labute approximate surface area is 117 Å². The highest BCUT2D eigenvalue weighted by molar-refractivity contribution is 5.93. The van der Waals surface area contributed by atoms with Crippen LogP contribution < -0.4 is 0 Å². The molecule has 0 aromatic carbocycles. The summed E-state index contributed by atoms with van der Waals surface area (Å²) in [5.41, 5.74) is 0. The molecule has 2 amide bonds. The minimum Gasteiger partial charge on any atom is -0.299 e. The Morgan fingerprint density at radius 2 is 1.58 bits per heavy atom. The van der Waals surface area contributed by atoms with Crippen molar-refractivity contribution in [3.05, 3.63) is 0 Å². The van der Waals surface area contributed by atoms with Crippen LogP contribution in [0.1, 0.15) is 67.2 Å². The third-order valence-corrected chi connectivity index (χ3v) is 2.68.